The maximum atomic E-state index is 11.8. The van der Waals surface area contributed by atoms with Crippen LogP contribution in [0.4, 0.5) is 0 Å². The molecule has 7 heteroatoms. The van der Waals surface area contributed by atoms with E-state index < -0.39 is 11.8 Å². The molecule has 0 aliphatic rings. The Morgan fingerprint density at radius 3 is 2.71 bits per heavy atom. The van der Waals surface area contributed by atoms with Gasteiger partial charge in [-0.1, -0.05) is 30.3 Å². The third-order valence-electron chi connectivity index (χ3n) is 2.74. The molecule has 0 saturated carbocycles. The van der Waals surface area contributed by atoms with Crippen LogP contribution >= 0.6 is 0 Å². The van der Waals surface area contributed by atoms with Crippen molar-refractivity contribution in [3.05, 3.63) is 47.8 Å². The van der Waals surface area contributed by atoms with Crippen LogP contribution in [0.15, 0.2) is 36.5 Å². The maximum Gasteiger partial charge on any atom is 0.257 e. The van der Waals surface area contributed by atoms with Gasteiger partial charge in [-0.2, -0.15) is 0 Å². The van der Waals surface area contributed by atoms with Crippen molar-refractivity contribution in [1.82, 2.24) is 25.6 Å². The van der Waals surface area contributed by atoms with Gasteiger partial charge >= 0.3 is 0 Å². The topological polar surface area (TPSA) is 88.9 Å². The second-order valence-corrected chi connectivity index (χ2v) is 4.43. The Morgan fingerprint density at radius 2 is 2.00 bits per heavy atom. The molecule has 0 aliphatic carbocycles. The minimum absolute atomic E-state index is 0.0439. The summed E-state index contributed by atoms with van der Waals surface area (Å²) in [6.45, 7) is 3.38. The summed E-state index contributed by atoms with van der Waals surface area (Å²) < 4.78 is 1.40. The Bertz CT molecular complexity index is 609. The van der Waals surface area contributed by atoms with E-state index in [1.54, 1.807) is 36.5 Å². The molecule has 2 amide bonds. The summed E-state index contributed by atoms with van der Waals surface area (Å²) in [5.41, 5.74) is 1.19. The first-order valence-corrected chi connectivity index (χ1v) is 6.68. The third-order valence-corrected chi connectivity index (χ3v) is 2.74. The first-order valence-electron chi connectivity index (χ1n) is 6.68. The average Bonchev–Trinajstić information content (AvgIpc) is 2.93. The Balaban J connectivity index is 1.87. The smallest absolute Gasteiger partial charge is 0.257 e. The van der Waals surface area contributed by atoms with Gasteiger partial charge in [0.2, 0.25) is 5.91 Å². The van der Waals surface area contributed by atoms with E-state index in [9.17, 15) is 9.59 Å². The predicted molar refractivity (Wildman–Crippen MR) is 76.3 cm³/mol. The molecular formula is C14H17N5O2. The SMILES string of the molecule is CCNCc1cn(CC(=O)NC(=O)c2ccccc2)nn1. The standard InChI is InChI=1S/C14H17N5O2/c1-2-15-8-12-9-19(18-17-12)10-13(20)16-14(21)11-6-4-3-5-7-11/h3-7,9,15H,2,8,10H2,1H3,(H,16,20,21). The zero-order valence-electron chi connectivity index (χ0n) is 11.7. The quantitative estimate of drug-likeness (QED) is 0.800. The van der Waals surface area contributed by atoms with Crippen LogP contribution in [0.3, 0.4) is 0 Å². The lowest BCUT2D eigenvalue weighted by Gasteiger charge is -2.03. The Kier molecular flexibility index (Phi) is 5.16. The average molecular weight is 287 g/mol. The van der Waals surface area contributed by atoms with Gasteiger partial charge in [0.1, 0.15) is 6.54 Å². The molecule has 0 radical (unpaired) electrons. The number of carbonyl (C=O) groups is 2. The lowest BCUT2D eigenvalue weighted by molar-refractivity contribution is -0.120. The second kappa shape index (κ2) is 7.30. The van der Waals surface area contributed by atoms with Crippen LogP contribution in [0.2, 0.25) is 0 Å². The molecule has 0 bridgehead atoms. The normalized spacial score (nSPS) is 10.3. The number of amides is 2. The summed E-state index contributed by atoms with van der Waals surface area (Å²) >= 11 is 0. The third kappa shape index (κ3) is 4.50. The largest absolute Gasteiger partial charge is 0.311 e. The molecule has 0 atom stereocenters. The maximum absolute atomic E-state index is 11.8. The van der Waals surface area contributed by atoms with Crippen molar-refractivity contribution in [2.75, 3.05) is 6.54 Å². The van der Waals surface area contributed by atoms with Crippen molar-refractivity contribution in [1.29, 1.82) is 0 Å². The molecule has 0 spiro atoms. The van der Waals surface area contributed by atoms with Gasteiger partial charge in [0, 0.05) is 12.1 Å². The number of nitrogens with zero attached hydrogens (tertiary/aromatic N) is 3. The molecule has 2 rings (SSSR count). The molecule has 0 unspecified atom stereocenters. The number of aromatic nitrogens is 3. The molecular weight excluding hydrogens is 270 g/mol. The van der Waals surface area contributed by atoms with Crippen LogP contribution in [0.1, 0.15) is 23.0 Å². The number of benzene rings is 1. The van der Waals surface area contributed by atoms with Gasteiger partial charge in [-0.15, -0.1) is 5.10 Å². The Morgan fingerprint density at radius 1 is 1.24 bits per heavy atom. The summed E-state index contributed by atoms with van der Waals surface area (Å²) in [5, 5.41) is 13.2. The number of carbonyl (C=O) groups excluding carboxylic acids is 2. The van der Waals surface area contributed by atoms with Crippen LogP contribution in [0.25, 0.3) is 0 Å². The van der Waals surface area contributed by atoms with E-state index in [4.69, 9.17) is 0 Å². The summed E-state index contributed by atoms with van der Waals surface area (Å²) in [7, 11) is 0. The zero-order chi connectivity index (χ0) is 15.1. The van der Waals surface area contributed by atoms with Gasteiger partial charge in [-0.05, 0) is 18.7 Å². The minimum atomic E-state index is -0.427. The number of hydrogen-bond acceptors (Lipinski definition) is 5. The molecule has 2 aromatic rings. The number of nitrogens with one attached hydrogen (secondary N) is 2. The molecule has 21 heavy (non-hydrogen) atoms. The molecule has 1 aromatic carbocycles. The summed E-state index contributed by atoms with van der Waals surface area (Å²) in [6.07, 6.45) is 1.68. The fraction of sp³-hybridized carbons (Fsp3) is 0.286. The van der Waals surface area contributed by atoms with Crippen LogP contribution in [-0.4, -0.2) is 33.4 Å². The van der Waals surface area contributed by atoms with Crippen LogP contribution in [0.5, 0.6) is 0 Å². The molecule has 1 heterocycles. The van der Waals surface area contributed by atoms with Crippen LogP contribution in [-0.2, 0) is 17.9 Å². The van der Waals surface area contributed by atoms with Crippen molar-refractivity contribution >= 4 is 11.8 Å². The Labute approximate surface area is 122 Å². The van der Waals surface area contributed by atoms with Crippen molar-refractivity contribution in [2.24, 2.45) is 0 Å². The lowest BCUT2D eigenvalue weighted by atomic mass is 10.2. The van der Waals surface area contributed by atoms with Gasteiger partial charge in [0.15, 0.2) is 0 Å². The molecule has 2 N–H and O–H groups in total. The van der Waals surface area contributed by atoms with Gasteiger partial charge in [-0.25, -0.2) is 4.68 Å². The number of hydrogen-bond donors (Lipinski definition) is 2. The minimum Gasteiger partial charge on any atom is -0.311 e. The number of rotatable bonds is 6. The Hall–Kier alpha value is -2.54. The first-order chi connectivity index (χ1) is 10.2. The molecule has 0 saturated heterocycles. The van der Waals surface area contributed by atoms with E-state index in [2.05, 4.69) is 20.9 Å². The van der Waals surface area contributed by atoms with Crippen molar-refractivity contribution in [2.45, 2.75) is 20.0 Å². The van der Waals surface area contributed by atoms with E-state index in [1.807, 2.05) is 6.92 Å². The van der Waals surface area contributed by atoms with Crippen molar-refractivity contribution in [3.8, 4) is 0 Å². The molecule has 7 nitrogen and oxygen atoms in total. The summed E-state index contributed by atoms with van der Waals surface area (Å²) in [5.74, 6) is -0.850. The first kappa shape index (κ1) is 14.9. The highest BCUT2D eigenvalue weighted by atomic mass is 16.2. The molecule has 0 aliphatic heterocycles. The van der Waals surface area contributed by atoms with Crippen LogP contribution < -0.4 is 10.6 Å². The zero-order valence-corrected chi connectivity index (χ0v) is 11.7. The van der Waals surface area contributed by atoms with Gasteiger partial charge in [0.25, 0.3) is 5.91 Å². The molecule has 110 valence electrons. The monoisotopic (exact) mass is 287 g/mol. The molecule has 1 aromatic heterocycles. The van der Waals surface area contributed by atoms with Crippen molar-refractivity contribution in [3.63, 3.8) is 0 Å². The highest BCUT2D eigenvalue weighted by Crippen LogP contribution is 1.98. The van der Waals surface area contributed by atoms with E-state index in [1.165, 1.54) is 4.68 Å². The fourth-order valence-electron chi connectivity index (χ4n) is 1.72. The van der Waals surface area contributed by atoms with E-state index in [0.717, 1.165) is 12.2 Å². The van der Waals surface area contributed by atoms with Gasteiger partial charge in [-0.3, -0.25) is 14.9 Å². The van der Waals surface area contributed by atoms with Crippen LogP contribution in [0, 0.1) is 0 Å². The van der Waals surface area contributed by atoms with Gasteiger partial charge in [0.05, 0.1) is 11.9 Å². The summed E-state index contributed by atoms with van der Waals surface area (Å²) in [4.78, 5) is 23.6. The summed E-state index contributed by atoms with van der Waals surface area (Å²) in [6, 6.07) is 8.58. The van der Waals surface area contributed by atoms with E-state index >= 15 is 0 Å². The molecule has 0 fully saturated rings. The van der Waals surface area contributed by atoms with E-state index in [0.29, 0.717) is 12.1 Å². The van der Waals surface area contributed by atoms with Crippen molar-refractivity contribution < 1.29 is 9.59 Å². The second-order valence-electron chi connectivity index (χ2n) is 4.43. The predicted octanol–water partition coefficient (Wildman–Crippen LogP) is 0.344. The fourth-order valence-corrected chi connectivity index (χ4v) is 1.72. The number of imide groups is 1. The lowest BCUT2D eigenvalue weighted by Crippen LogP contribution is -2.33. The highest BCUT2D eigenvalue weighted by Gasteiger charge is 2.11. The highest BCUT2D eigenvalue weighted by molar-refractivity contribution is 6.04. The van der Waals surface area contributed by atoms with E-state index in [-0.39, 0.29) is 6.54 Å². The van der Waals surface area contributed by atoms with Gasteiger partial charge < -0.3 is 5.32 Å².